The molecule has 1 aliphatic heterocycles. The zero-order chi connectivity index (χ0) is 19.9. The maximum Gasteiger partial charge on any atom is 0.346 e. The number of para-hydroxylation sites is 1. The van der Waals surface area contributed by atoms with Crippen LogP contribution in [0.25, 0.3) is 0 Å². The van der Waals surface area contributed by atoms with Crippen molar-refractivity contribution in [2.24, 2.45) is 0 Å². The molecule has 0 saturated carbocycles. The Kier molecular flexibility index (Phi) is 7.34. The summed E-state index contributed by atoms with van der Waals surface area (Å²) >= 11 is 7.33. The molecule has 0 bridgehead atoms. The Morgan fingerprint density at radius 1 is 1.25 bits per heavy atom. The number of thioether (sulfide) groups is 1. The second-order valence-corrected chi connectivity index (χ2v) is 7.98. The van der Waals surface area contributed by atoms with Gasteiger partial charge in [-0.2, -0.15) is 0 Å². The van der Waals surface area contributed by atoms with Crippen LogP contribution in [0.2, 0.25) is 5.02 Å². The molecule has 0 N–H and O–H groups in total. The number of amides is 1. The van der Waals surface area contributed by atoms with Gasteiger partial charge in [0.25, 0.3) is 0 Å². The van der Waals surface area contributed by atoms with E-state index in [1.807, 2.05) is 4.90 Å². The monoisotopic (exact) mass is 418 g/mol. The number of aromatic nitrogens is 1. The van der Waals surface area contributed by atoms with E-state index >= 15 is 0 Å². The van der Waals surface area contributed by atoms with Crippen molar-refractivity contribution in [2.45, 2.75) is 43.7 Å². The van der Waals surface area contributed by atoms with Gasteiger partial charge in [-0.1, -0.05) is 42.4 Å². The molecule has 1 aromatic heterocycles. The van der Waals surface area contributed by atoms with E-state index in [2.05, 4.69) is 11.9 Å². The lowest BCUT2D eigenvalue weighted by Crippen LogP contribution is -2.44. The second kappa shape index (κ2) is 9.94. The number of nitrogens with zero attached hydrogens (tertiary/aromatic N) is 2. The van der Waals surface area contributed by atoms with Crippen molar-refractivity contribution in [3.8, 4) is 5.75 Å². The molecule has 7 heteroatoms. The van der Waals surface area contributed by atoms with E-state index in [0.29, 0.717) is 27.4 Å². The lowest BCUT2D eigenvalue weighted by Gasteiger charge is -2.35. The van der Waals surface area contributed by atoms with Crippen LogP contribution in [0.5, 0.6) is 5.75 Å². The number of pyridine rings is 1. The summed E-state index contributed by atoms with van der Waals surface area (Å²) in [5.74, 6) is 0.0946. The van der Waals surface area contributed by atoms with Crippen LogP contribution in [0.4, 0.5) is 0 Å². The van der Waals surface area contributed by atoms with Gasteiger partial charge in [-0.25, -0.2) is 9.78 Å². The molecule has 1 aliphatic rings. The zero-order valence-corrected chi connectivity index (χ0v) is 17.3. The maximum absolute atomic E-state index is 12.7. The molecule has 2 heterocycles. The third-order valence-corrected chi connectivity index (χ3v) is 6.08. The molecule has 2 aromatic rings. The van der Waals surface area contributed by atoms with Gasteiger partial charge in [0, 0.05) is 18.8 Å². The lowest BCUT2D eigenvalue weighted by molar-refractivity contribution is -0.132. The molecule has 1 unspecified atom stereocenters. The van der Waals surface area contributed by atoms with Crippen molar-refractivity contribution in [1.82, 2.24) is 9.88 Å². The van der Waals surface area contributed by atoms with Gasteiger partial charge in [0.05, 0.1) is 16.3 Å². The summed E-state index contributed by atoms with van der Waals surface area (Å²) in [4.78, 5) is 31.6. The fourth-order valence-corrected chi connectivity index (χ4v) is 4.35. The van der Waals surface area contributed by atoms with Crippen LogP contribution in [0.1, 0.15) is 43.0 Å². The van der Waals surface area contributed by atoms with Crippen LogP contribution in [0.3, 0.4) is 0 Å². The molecular weight excluding hydrogens is 396 g/mol. The van der Waals surface area contributed by atoms with E-state index in [0.717, 1.165) is 25.8 Å². The van der Waals surface area contributed by atoms with Gasteiger partial charge in [0.1, 0.15) is 10.8 Å². The fraction of sp³-hybridized carbons (Fsp3) is 0.381. The minimum Gasteiger partial charge on any atom is -0.421 e. The van der Waals surface area contributed by atoms with Crippen molar-refractivity contribution in [2.75, 3.05) is 12.3 Å². The third-order valence-electron chi connectivity index (χ3n) is 4.78. The average Bonchev–Trinajstić information content (AvgIpc) is 2.73. The highest BCUT2D eigenvalue weighted by Crippen LogP contribution is 2.27. The molecule has 3 rings (SSSR count). The third kappa shape index (κ3) is 5.06. The maximum atomic E-state index is 12.7. The van der Waals surface area contributed by atoms with Crippen LogP contribution >= 0.6 is 23.4 Å². The number of halogens is 1. The summed E-state index contributed by atoms with van der Waals surface area (Å²) < 4.78 is 5.41. The van der Waals surface area contributed by atoms with Gasteiger partial charge in [-0.05, 0) is 49.9 Å². The predicted molar refractivity (Wildman–Crippen MR) is 111 cm³/mol. The van der Waals surface area contributed by atoms with Crippen LogP contribution < -0.4 is 4.74 Å². The highest BCUT2D eigenvalue weighted by Gasteiger charge is 2.26. The van der Waals surface area contributed by atoms with Gasteiger partial charge >= 0.3 is 5.97 Å². The van der Waals surface area contributed by atoms with E-state index in [4.69, 9.17) is 16.3 Å². The van der Waals surface area contributed by atoms with Crippen molar-refractivity contribution >= 4 is 35.2 Å². The van der Waals surface area contributed by atoms with Gasteiger partial charge in [0.15, 0.2) is 0 Å². The first kappa shape index (κ1) is 20.7. The number of carbonyl (C=O) groups is 2. The lowest BCUT2D eigenvalue weighted by atomic mass is 10.0. The molecule has 28 heavy (non-hydrogen) atoms. The largest absolute Gasteiger partial charge is 0.421 e. The molecule has 1 amide bonds. The van der Waals surface area contributed by atoms with Gasteiger partial charge in [0.2, 0.25) is 5.91 Å². The van der Waals surface area contributed by atoms with Gasteiger partial charge in [-0.15, -0.1) is 0 Å². The van der Waals surface area contributed by atoms with E-state index in [1.165, 1.54) is 18.2 Å². The Bertz CT molecular complexity index is 846. The number of benzene rings is 1. The topological polar surface area (TPSA) is 59.5 Å². The van der Waals surface area contributed by atoms with Crippen LogP contribution in [0, 0.1) is 0 Å². The number of rotatable bonds is 6. The van der Waals surface area contributed by atoms with Gasteiger partial charge in [-0.3, -0.25) is 4.79 Å². The van der Waals surface area contributed by atoms with Crippen molar-refractivity contribution in [1.29, 1.82) is 0 Å². The Morgan fingerprint density at radius 2 is 2.07 bits per heavy atom. The number of ether oxygens (including phenoxy) is 1. The first-order valence-corrected chi connectivity index (χ1v) is 10.8. The molecule has 5 nitrogen and oxygen atoms in total. The van der Waals surface area contributed by atoms with Gasteiger partial charge < -0.3 is 9.64 Å². The minimum atomic E-state index is -0.541. The number of esters is 1. The van der Waals surface area contributed by atoms with Crippen molar-refractivity contribution < 1.29 is 14.3 Å². The van der Waals surface area contributed by atoms with E-state index in [9.17, 15) is 9.59 Å². The highest BCUT2D eigenvalue weighted by atomic mass is 35.5. The Labute approximate surface area is 174 Å². The van der Waals surface area contributed by atoms with Crippen LogP contribution in [0.15, 0.2) is 47.6 Å². The summed E-state index contributed by atoms with van der Waals surface area (Å²) in [7, 11) is 0. The quantitative estimate of drug-likeness (QED) is 0.381. The SMILES string of the molecule is CCC1CCCCN1C(=O)CSc1ncccc1C(=O)Oc1ccccc1Cl. The standard InChI is InChI=1S/C21H23ClN2O3S/c1-2-15-8-5-6-13-24(15)19(25)14-28-20-16(9-7-12-23-20)21(26)27-18-11-4-3-10-17(18)22/h3-4,7,9-12,15H,2,5-6,8,13-14H2,1H3. The number of hydrogen-bond donors (Lipinski definition) is 0. The Hall–Kier alpha value is -2.05. The second-order valence-electron chi connectivity index (χ2n) is 6.61. The molecular formula is C21H23ClN2O3S. The summed E-state index contributed by atoms with van der Waals surface area (Å²) in [6.45, 7) is 2.92. The van der Waals surface area contributed by atoms with E-state index in [1.54, 1.807) is 42.6 Å². The van der Waals surface area contributed by atoms with Crippen molar-refractivity contribution in [3.05, 3.63) is 53.2 Å². The normalized spacial score (nSPS) is 16.6. The van der Waals surface area contributed by atoms with Crippen molar-refractivity contribution in [3.63, 3.8) is 0 Å². The molecule has 1 aromatic carbocycles. The number of piperidine rings is 1. The summed E-state index contributed by atoms with van der Waals surface area (Å²) in [5.41, 5.74) is 0.325. The molecule has 1 atom stereocenters. The fourth-order valence-electron chi connectivity index (χ4n) is 3.31. The number of likely N-dealkylation sites (tertiary alicyclic amines) is 1. The minimum absolute atomic E-state index is 0.0904. The van der Waals surface area contributed by atoms with E-state index in [-0.39, 0.29) is 11.7 Å². The zero-order valence-electron chi connectivity index (χ0n) is 15.8. The van der Waals surface area contributed by atoms with Crippen LogP contribution in [-0.2, 0) is 4.79 Å². The molecule has 1 fully saturated rings. The molecule has 0 radical (unpaired) electrons. The average molecular weight is 419 g/mol. The molecule has 148 valence electrons. The number of carbonyl (C=O) groups excluding carboxylic acids is 2. The Morgan fingerprint density at radius 3 is 2.86 bits per heavy atom. The first-order valence-electron chi connectivity index (χ1n) is 9.44. The first-order chi connectivity index (χ1) is 13.6. The van der Waals surface area contributed by atoms with E-state index < -0.39 is 5.97 Å². The summed E-state index contributed by atoms with van der Waals surface area (Å²) in [5, 5.41) is 0.845. The Balaban J connectivity index is 1.67. The predicted octanol–water partition coefficient (Wildman–Crippen LogP) is 4.84. The smallest absolute Gasteiger partial charge is 0.346 e. The number of hydrogen-bond acceptors (Lipinski definition) is 5. The highest BCUT2D eigenvalue weighted by molar-refractivity contribution is 8.00. The molecule has 0 spiro atoms. The summed E-state index contributed by atoms with van der Waals surface area (Å²) in [6.07, 6.45) is 5.86. The van der Waals surface area contributed by atoms with Crippen LogP contribution in [-0.4, -0.2) is 40.1 Å². The molecule has 1 saturated heterocycles. The summed E-state index contributed by atoms with van der Waals surface area (Å²) in [6, 6.07) is 10.4. The molecule has 0 aliphatic carbocycles.